The SMILES string of the molecule is CCC(C)NC(=O)C(O)C(CC(C)C)NC(=O)[C@@H](Cc1cnc[nH]1)NC(=O)[C@H](Cc1cccc2ccccc12)NC(=O)OCc1ccccc1. The highest BCUT2D eigenvalue weighted by atomic mass is 16.5. The molecule has 50 heavy (non-hydrogen) atoms. The third-order valence-electron chi connectivity index (χ3n) is 8.44. The summed E-state index contributed by atoms with van der Waals surface area (Å²) < 4.78 is 5.46. The first-order valence-corrected chi connectivity index (χ1v) is 17.0. The number of fused-ring (bicyclic) bond motifs is 1. The maximum atomic E-state index is 14.1. The molecule has 0 saturated carbocycles. The minimum atomic E-state index is -1.51. The van der Waals surface area contributed by atoms with E-state index in [-0.39, 0.29) is 31.4 Å². The third-order valence-corrected chi connectivity index (χ3v) is 8.44. The van der Waals surface area contributed by atoms with Crippen molar-refractivity contribution >= 4 is 34.6 Å². The Labute approximate surface area is 292 Å². The summed E-state index contributed by atoms with van der Waals surface area (Å²) in [6.07, 6.45) is 1.81. The van der Waals surface area contributed by atoms with Crippen molar-refractivity contribution in [2.75, 3.05) is 0 Å². The van der Waals surface area contributed by atoms with Crippen molar-refractivity contribution < 1.29 is 29.0 Å². The molecule has 0 bridgehead atoms. The number of aliphatic hydroxyl groups is 1. The summed E-state index contributed by atoms with van der Waals surface area (Å²) in [6.45, 7) is 7.59. The zero-order chi connectivity index (χ0) is 36.0. The zero-order valence-corrected chi connectivity index (χ0v) is 29.0. The van der Waals surface area contributed by atoms with Gasteiger partial charge in [0.25, 0.3) is 5.91 Å². The normalized spacial score (nSPS) is 14.2. The molecular formula is C38H48N6O6. The van der Waals surface area contributed by atoms with Crippen molar-refractivity contribution in [2.45, 2.75) is 90.3 Å². The Kier molecular flexibility index (Phi) is 13.9. The standard InChI is InChI=1S/C38H48N6O6/c1-5-25(4)41-37(48)34(45)31(18-24(2)3)42-36(47)33(20-29-21-39-23-40-29)43-35(46)32(44-38(49)50-22-26-12-7-6-8-13-26)19-28-16-11-15-27-14-9-10-17-30(27)28/h6-17,21,23-25,31-34,45H,5,18-20,22H2,1-4H3,(H,39,40)(H,41,48)(H,42,47)(H,43,46)(H,44,49)/t25?,31?,32-,33+,34?/m0/s1. The van der Waals surface area contributed by atoms with Crippen LogP contribution in [-0.2, 0) is 38.6 Å². The smallest absolute Gasteiger partial charge is 0.408 e. The van der Waals surface area contributed by atoms with Crippen LogP contribution in [0, 0.1) is 5.92 Å². The Morgan fingerprint density at radius 2 is 1.48 bits per heavy atom. The summed E-state index contributed by atoms with van der Waals surface area (Å²) in [5.41, 5.74) is 2.17. The van der Waals surface area contributed by atoms with Crippen LogP contribution < -0.4 is 21.3 Å². The van der Waals surface area contributed by atoms with Gasteiger partial charge < -0.3 is 36.1 Å². The number of nitrogens with zero attached hydrogens (tertiary/aromatic N) is 1. The summed E-state index contributed by atoms with van der Waals surface area (Å²) in [4.78, 5) is 61.0. The molecule has 0 aliphatic rings. The second-order valence-corrected chi connectivity index (χ2v) is 13.0. The fraction of sp³-hybridized carbons (Fsp3) is 0.395. The lowest BCUT2D eigenvalue weighted by Crippen LogP contribution is -2.59. The summed E-state index contributed by atoms with van der Waals surface area (Å²) in [5, 5.41) is 24.0. The number of hydrogen-bond donors (Lipinski definition) is 6. The van der Waals surface area contributed by atoms with Gasteiger partial charge >= 0.3 is 6.09 Å². The van der Waals surface area contributed by atoms with E-state index in [9.17, 15) is 24.3 Å². The van der Waals surface area contributed by atoms with Crippen LogP contribution in [0.3, 0.4) is 0 Å². The van der Waals surface area contributed by atoms with Gasteiger partial charge in [0, 0.05) is 30.8 Å². The molecule has 0 aliphatic heterocycles. The number of amides is 4. The fourth-order valence-corrected chi connectivity index (χ4v) is 5.58. The molecule has 0 radical (unpaired) electrons. The number of nitrogens with one attached hydrogen (secondary N) is 5. The third kappa shape index (κ3) is 11.2. The molecule has 12 nitrogen and oxygen atoms in total. The van der Waals surface area contributed by atoms with E-state index in [0.29, 0.717) is 18.5 Å². The first-order valence-electron chi connectivity index (χ1n) is 17.0. The van der Waals surface area contributed by atoms with Gasteiger partial charge in [-0.2, -0.15) is 0 Å². The van der Waals surface area contributed by atoms with Crippen molar-refractivity contribution in [1.82, 2.24) is 31.2 Å². The van der Waals surface area contributed by atoms with Crippen LogP contribution in [-0.4, -0.2) is 69.2 Å². The summed E-state index contributed by atoms with van der Waals surface area (Å²) in [7, 11) is 0. The largest absolute Gasteiger partial charge is 0.445 e. The van der Waals surface area contributed by atoms with Gasteiger partial charge in [0.1, 0.15) is 18.7 Å². The highest BCUT2D eigenvalue weighted by Gasteiger charge is 2.33. The van der Waals surface area contributed by atoms with Crippen molar-refractivity contribution in [1.29, 1.82) is 0 Å². The van der Waals surface area contributed by atoms with Crippen molar-refractivity contribution in [3.63, 3.8) is 0 Å². The monoisotopic (exact) mass is 684 g/mol. The number of ether oxygens (including phenoxy) is 1. The second-order valence-electron chi connectivity index (χ2n) is 13.0. The minimum absolute atomic E-state index is 0.00428. The Morgan fingerprint density at radius 1 is 0.800 bits per heavy atom. The number of alkyl carbamates (subject to hydrolysis) is 1. The molecule has 4 rings (SSSR count). The number of benzene rings is 3. The van der Waals surface area contributed by atoms with Crippen LogP contribution in [0.5, 0.6) is 0 Å². The molecule has 0 fully saturated rings. The van der Waals surface area contributed by atoms with Crippen molar-refractivity contribution in [2.24, 2.45) is 5.92 Å². The van der Waals surface area contributed by atoms with Crippen LogP contribution in [0.4, 0.5) is 4.79 Å². The lowest BCUT2D eigenvalue weighted by atomic mass is 9.97. The van der Waals surface area contributed by atoms with Gasteiger partial charge in [-0.3, -0.25) is 14.4 Å². The van der Waals surface area contributed by atoms with Crippen molar-refractivity contribution in [3.8, 4) is 0 Å². The summed E-state index contributed by atoms with van der Waals surface area (Å²) >= 11 is 0. The van der Waals surface area contributed by atoms with Gasteiger partial charge in [-0.15, -0.1) is 0 Å². The second kappa shape index (κ2) is 18.5. The molecule has 0 spiro atoms. The molecule has 6 N–H and O–H groups in total. The number of hydrogen-bond acceptors (Lipinski definition) is 7. The summed E-state index contributed by atoms with van der Waals surface area (Å²) in [5.74, 6) is -1.79. The Balaban J connectivity index is 1.58. The van der Waals surface area contributed by atoms with Crippen LogP contribution >= 0.6 is 0 Å². The molecule has 0 saturated heterocycles. The highest BCUT2D eigenvalue weighted by Crippen LogP contribution is 2.20. The number of H-pyrrole nitrogens is 1. The molecule has 1 heterocycles. The van der Waals surface area contributed by atoms with Gasteiger partial charge in [-0.1, -0.05) is 93.6 Å². The van der Waals surface area contributed by atoms with Crippen LogP contribution in [0.1, 0.15) is 57.4 Å². The predicted octanol–water partition coefficient (Wildman–Crippen LogP) is 3.93. The fourth-order valence-electron chi connectivity index (χ4n) is 5.58. The average Bonchev–Trinajstić information content (AvgIpc) is 3.63. The number of aromatic amines is 1. The van der Waals surface area contributed by atoms with Crippen LogP contribution in [0.2, 0.25) is 0 Å². The van der Waals surface area contributed by atoms with E-state index in [1.165, 1.54) is 6.33 Å². The Hall–Kier alpha value is -5.23. The van der Waals surface area contributed by atoms with Gasteiger partial charge in [-0.25, -0.2) is 9.78 Å². The molecule has 3 aromatic carbocycles. The van der Waals surface area contributed by atoms with Gasteiger partial charge in [0.15, 0.2) is 6.10 Å². The zero-order valence-electron chi connectivity index (χ0n) is 29.0. The molecular weight excluding hydrogens is 636 g/mol. The van der Waals surface area contributed by atoms with Gasteiger partial charge in [0.2, 0.25) is 11.8 Å². The van der Waals surface area contributed by atoms with Gasteiger partial charge in [0.05, 0.1) is 12.4 Å². The maximum absolute atomic E-state index is 14.1. The number of aromatic nitrogens is 2. The van der Waals surface area contributed by atoms with E-state index in [4.69, 9.17) is 4.74 Å². The van der Waals surface area contributed by atoms with Gasteiger partial charge in [-0.05, 0) is 47.6 Å². The molecule has 4 aromatic rings. The van der Waals surface area contributed by atoms with Crippen LogP contribution in [0.15, 0.2) is 85.3 Å². The molecule has 4 amide bonds. The topological polar surface area (TPSA) is 175 Å². The Bertz CT molecular complexity index is 1690. The van der Waals surface area contributed by atoms with E-state index < -0.39 is 48.0 Å². The molecule has 5 atom stereocenters. The molecule has 266 valence electrons. The quantitative estimate of drug-likeness (QED) is 0.0977. The number of rotatable bonds is 17. The van der Waals surface area contributed by atoms with E-state index in [2.05, 4.69) is 31.2 Å². The predicted molar refractivity (Wildman–Crippen MR) is 191 cm³/mol. The molecule has 3 unspecified atom stereocenters. The first-order chi connectivity index (χ1) is 24.0. The lowest BCUT2D eigenvalue weighted by Gasteiger charge is -2.29. The number of carbonyl (C=O) groups excluding carboxylic acids is 4. The van der Waals surface area contributed by atoms with E-state index >= 15 is 0 Å². The number of carbonyl (C=O) groups is 4. The molecule has 12 heteroatoms. The van der Waals surface area contributed by atoms with Crippen molar-refractivity contribution in [3.05, 3.63) is 102 Å². The van der Waals surface area contributed by atoms with Crippen LogP contribution in [0.25, 0.3) is 10.8 Å². The average molecular weight is 685 g/mol. The lowest BCUT2D eigenvalue weighted by molar-refractivity contribution is -0.135. The first kappa shape index (κ1) is 37.6. The molecule has 0 aliphatic carbocycles. The highest BCUT2D eigenvalue weighted by molar-refractivity contribution is 5.93. The molecule has 1 aromatic heterocycles. The van der Waals surface area contributed by atoms with E-state index in [1.54, 1.807) is 6.20 Å². The minimum Gasteiger partial charge on any atom is -0.445 e. The van der Waals surface area contributed by atoms with E-state index in [0.717, 1.165) is 21.9 Å². The van der Waals surface area contributed by atoms with E-state index in [1.807, 2.05) is 100 Å². The Morgan fingerprint density at radius 3 is 2.18 bits per heavy atom. The number of aliphatic hydroxyl groups excluding tert-OH is 1. The maximum Gasteiger partial charge on any atom is 0.408 e. The summed E-state index contributed by atoms with van der Waals surface area (Å²) in [6, 6.07) is 19.3. The number of imidazole rings is 1.